The average molecular weight is 495 g/mol. The van der Waals surface area contributed by atoms with E-state index < -0.39 is 0 Å². The smallest absolute Gasteiger partial charge is 0.305 e. The molecule has 35 heavy (non-hydrogen) atoms. The van der Waals surface area contributed by atoms with Crippen molar-refractivity contribution in [2.45, 2.75) is 194 Å². The van der Waals surface area contributed by atoms with Crippen molar-refractivity contribution in [3.8, 4) is 0 Å². The third-order valence-electron chi connectivity index (χ3n) is 7.65. The molecule has 0 aromatic carbocycles. The van der Waals surface area contributed by atoms with Crippen LogP contribution in [0.3, 0.4) is 0 Å². The largest absolute Gasteiger partial charge is 0.465 e. The molecule has 2 heteroatoms. The van der Waals surface area contributed by atoms with Gasteiger partial charge in [0.2, 0.25) is 0 Å². The maximum Gasteiger partial charge on any atom is 0.305 e. The molecule has 0 N–H and O–H groups in total. The van der Waals surface area contributed by atoms with Crippen molar-refractivity contribution in [2.24, 2.45) is 5.92 Å². The maximum atomic E-state index is 12.3. The van der Waals surface area contributed by atoms with Gasteiger partial charge in [-0.05, 0) is 25.2 Å². The molecular weight excluding hydrogens is 428 g/mol. The van der Waals surface area contributed by atoms with Crippen molar-refractivity contribution < 1.29 is 9.53 Å². The minimum Gasteiger partial charge on any atom is -0.465 e. The van der Waals surface area contributed by atoms with Gasteiger partial charge in [0.15, 0.2) is 0 Å². The van der Waals surface area contributed by atoms with Crippen LogP contribution in [0.25, 0.3) is 0 Å². The van der Waals surface area contributed by atoms with Gasteiger partial charge in [-0.3, -0.25) is 4.79 Å². The molecule has 1 unspecified atom stereocenters. The summed E-state index contributed by atoms with van der Waals surface area (Å²) in [5.41, 5.74) is 0. The fraction of sp³-hybridized carbons (Fsp3) is 0.970. The van der Waals surface area contributed by atoms with Crippen LogP contribution >= 0.6 is 0 Å². The summed E-state index contributed by atoms with van der Waals surface area (Å²) in [7, 11) is 0. The van der Waals surface area contributed by atoms with E-state index in [-0.39, 0.29) is 5.97 Å². The quantitative estimate of drug-likeness (QED) is 0.0763. The Bertz CT molecular complexity index is 406. The highest BCUT2D eigenvalue weighted by Gasteiger charge is 2.12. The van der Waals surface area contributed by atoms with E-state index in [1.54, 1.807) is 0 Å². The number of hydrogen-bond acceptors (Lipinski definition) is 2. The number of carbonyl (C=O) groups is 1. The summed E-state index contributed by atoms with van der Waals surface area (Å²) in [5.74, 6) is 0.628. The van der Waals surface area contributed by atoms with E-state index in [9.17, 15) is 4.79 Å². The van der Waals surface area contributed by atoms with Crippen LogP contribution in [0.5, 0.6) is 0 Å². The Kier molecular flexibility index (Phi) is 29.2. The molecule has 2 nitrogen and oxygen atoms in total. The third kappa shape index (κ3) is 27.9. The summed E-state index contributed by atoms with van der Waals surface area (Å²) in [6, 6.07) is 0. The van der Waals surface area contributed by atoms with E-state index in [1.165, 1.54) is 161 Å². The first kappa shape index (κ1) is 34.5. The van der Waals surface area contributed by atoms with Crippen LogP contribution in [0.4, 0.5) is 0 Å². The first-order valence-corrected chi connectivity index (χ1v) is 16.4. The molecule has 1 atom stereocenters. The highest BCUT2D eigenvalue weighted by molar-refractivity contribution is 5.69. The summed E-state index contributed by atoms with van der Waals surface area (Å²) >= 11 is 0. The summed E-state index contributed by atoms with van der Waals surface area (Å²) in [6.45, 7) is 7.50. The standard InChI is InChI=1S/C33H66O2/c1-4-7-10-13-15-16-17-18-19-20-21-22-24-27-30-33(34)35-31-32(28-25-12-9-6-3)29-26-23-14-11-8-5-2/h32H,4-31H2,1-3H3. The Morgan fingerprint density at radius 1 is 0.457 bits per heavy atom. The van der Waals surface area contributed by atoms with Gasteiger partial charge >= 0.3 is 5.97 Å². The first-order chi connectivity index (χ1) is 17.2. The zero-order chi connectivity index (χ0) is 25.7. The van der Waals surface area contributed by atoms with Gasteiger partial charge in [0.05, 0.1) is 6.61 Å². The lowest BCUT2D eigenvalue weighted by atomic mass is 9.95. The minimum atomic E-state index is 0.0467. The van der Waals surface area contributed by atoms with Crippen molar-refractivity contribution in [1.82, 2.24) is 0 Å². The Labute approximate surface area is 222 Å². The van der Waals surface area contributed by atoms with Gasteiger partial charge in [-0.2, -0.15) is 0 Å². The number of unbranched alkanes of at least 4 members (excludes halogenated alkanes) is 21. The van der Waals surface area contributed by atoms with Crippen LogP contribution in [0.2, 0.25) is 0 Å². The molecule has 0 aliphatic heterocycles. The van der Waals surface area contributed by atoms with Crippen LogP contribution in [0.15, 0.2) is 0 Å². The van der Waals surface area contributed by atoms with Gasteiger partial charge in [-0.1, -0.05) is 168 Å². The van der Waals surface area contributed by atoms with Crippen molar-refractivity contribution in [3.05, 3.63) is 0 Å². The molecule has 210 valence electrons. The summed E-state index contributed by atoms with van der Waals surface area (Å²) in [6.07, 6.45) is 35.4. The highest BCUT2D eigenvalue weighted by Crippen LogP contribution is 2.20. The lowest BCUT2D eigenvalue weighted by Gasteiger charge is -2.17. The Morgan fingerprint density at radius 3 is 1.17 bits per heavy atom. The van der Waals surface area contributed by atoms with Crippen LogP contribution in [-0.4, -0.2) is 12.6 Å². The SMILES string of the molecule is CCCCCCCCCCCCCCCCC(=O)OCC(CCCCCC)CCCCCCCC. The number of esters is 1. The van der Waals surface area contributed by atoms with Gasteiger partial charge in [0.25, 0.3) is 0 Å². The maximum absolute atomic E-state index is 12.3. The predicted octanol–water partition coefficient (Wildman–Crippen LogP) is 11.7. The number of ether oxygens (including phenoxy) is 1. The first-order valence-electron chi connectivity index (χ1n) is 16.4. The van der Waals surface area contributed by atoms with Gasteiger partial charge in [0.1, 0.15) is 0 Å². The lowest BCUT2D eigenvalue weighted by molar-refractivity contribution is -0.145. The number of rotatable bonds is 29. The topological polar surface area (TPSA) is 26.3 Å². The number of carbonyl (C=O) groups excluding carboxylic acids is 1. The van der Waals surface area contributed by atoms with Crippen LogP contribution in [0, 0.1) is 5.92 Å². The van der Waals surface area contributed by atoms with Crippen molar-refractivity contribution >= 4 is 5.97 Å². The molecule has 0 aliphatic rings. The van der Waals surface area contributed by atoms with Crippen LogP contribution < -0.4 is 0 Å². The van der Waals surface area contributed by atoms with E-state index in [0.717, 1.165) is 6.42 Å². The van der Waals surface area contributed by atoms with E-state index in [2.05, 4.69) is 20.8 Å². The molecule has 0 aromatic heterocycles. The molecule has 0 heterocycles. The Morgan fingerprint density at radius 2 is 0.771 bits per heavy atom. The van der Waals surface area contributed by atoms with E-state index in [4.69, 9.17) is 4.74 Å². The average Bonchev–Trinajstić information content (AvgIpc) is 2.86. The Balaban J connectivity index is 3.68. The fourth-order valence-electron chi connectivity index (χ4n) is 5.13. The summed E-state index contributed by atoms with van der Waals surface area (Å²) in [4.78, 5) is 12.3. The Hall–Kier alpha value is -0.530. The third-order valence-corrected chi connectivity index (χ3v) is 7.65. The van der Waals surface area contributed by atoms with Crippen molar-refractivity contribution in [3.63, 3.8) is 0 Å². The lowest BCUT2D eigenvalue weighted by Crippen LogP contribution is -2.14. The number of hydrogen-bond donors (Lipinski definition) is 0. The van der Waals surface area contributed by atoms with Crippen molar-refractivity contribution in [2.75, 3.05) is 6.61 Å². The molecule has 0 aliphatic carbocycles. The second-order valence-electron chi connectivity index (χ2n) is 11.3. The second kappa shape index (κ2) is 29.7. The molecule has 0 radical (unpaired) electrons. The van der Waals surface area contributed by atoms with Crippen LogP contribution in [-0.2, 0) is 9.53 Å². The monoisotopic (exact) mass is 495 g/mol. The molecule has 0 bridgehead atoms. The highest BCUT2D eigenvalue weighted by atomic mass is 16.5. The van der Waals surface area contributed by atoms with E-state index in [0.29, 0.717) is 18.9 Å². The summed E-state index contributed by atoms with van der Waals surface area (Å²) in [5, 5.41) is 0. The molecular formula is C33H66O2. The molecule has 0 saturated heterocycles. The fourth-order valence-corrected chi connectivity index (χ4v) is 5.13. The predicted molar refractivity (Wildman–Crippen MR) is 156 cm³/mol. The molecule has 0 saturated carbocycles. The zero-order valence-corrected chi connectivity index (χ0v) is 24.7. The molecule has 0 spiro atoms. The molecule has 0 fully saturated rings. The zero-order valence-electron chi connectivity index (χ0n) is 24.7. The molecule has 0 aromatic rings. The van der Waals surface area contributed by atoms with Gasteiger partial charge in [-0.15, -0.1) is 0 Å². The normalized spacial score (nSPS) is 12.2. The second-order valence-corrected chi connectivity index (χ2v) is 11.3. The van der Waals surface area contributed by atoms with Gasteiger partial charge in [-0.25, -0.2) is 0 Å². The molecule has 0 rings (SSSR count). The van der Waals surface area contributed by atoms with E-state index >= 15 is 0 Å². The van der Waals surface area contributed by atoms with Crippen LogP contribution in [0.1, 0.15) is 194 Å². The van der Waals surface area contributed by atoms with Gasteiger partial charge < -0.3 is 4.74 Å². The minimum absolute atomic E-state index is 0.0467. The molecule has 0 amide bonds. The van der Waals surface area contributed by atoms with Gasteiger partial charge in [0, 0.05) is 6.42 Å². The van der Waals surface area contributed by atoms with Crippen molar-refractivity contribution in [1.29, 1.82) is 0 Å². The summed E-state index contributed by atoms with van der Waals surface area (Å²) < 4.78 is 5.73. The van der Waals surface area contributed by atoms with E-state index in [1.807, 2.05) is 0 Å².